The Kier molecular flexibility index (Phi) is 6.41. The Hall–Kier alpha value is -1.58. The van der Waals surface area contributed by atoms with Gasteiger partial charge in [-0.3, -0.25) is 0 Å². The monoisotopic (exact) mass is 506 g/mol. The van der Waals surface area contributed by atoms with Crippen LogP contribution in [-0.4, -0.2) is 20.4 Å². The number of nitrogens with zero attached hydrogens (tertiary/aromatic N) is 4. The Labute approximate surface area is 192 Å². The first kappa shape index (κ1) is 21.6. The normalized spacial score (nSPS) is 19.6. The topological polar surface area (TPSA) is 77.8 Å². The molecule has 1 aliphatic rings. The summed E-state index contributed by atoms with van der Waals surface area (Å²) in [5.74, 6) is 3.23. The SMILES string of the molecule is CC(C)=C[C@@H]1[C@@H](c2nnc(SCc3nnc(SCc4ccccc4Br)o3)o2)C1(C)C. The highest BCUT2D eigenvalue weighted by Gasteiger charge is 2.60. The largest absolute Gasteiger partial charge is 0.416 e. The van der Waals surface area contributed by atoms with Gasteiger partial charge >= 0.3 is 0 Å². The number of thioether (sulfide) groups is 2. The Morgan fingerprint density at radius 1 is 1.03 bits per heavy atom. The van der Waals surface area contributed by atoms with Crippen LogP contribution in [0.5, 0.6) is 0 Å². The first-order chi connectivity index (χ1) is 14.3. The van der Waals surface area contributed by atoms with Crippen molar-refractivity contribution in [1.82, 2.24) is 20.4 Å². The van der Waals surface area contributed by atoms with E-state index in [-0.39, 0.29) is 11.3 Å². The molecule has 0 radical (unpaired) electrons. The van der Waals surface area contributed by atoms with Crippen molar-refractivity contribution in [2.24, 2.45) is 11.3 Å². The molecule has 0 N–H and O–H groups in total. The lowest BCUT2D eigenvalue weighted by Crippen LogP contribution is -1.90. The van der Waals surface area contributed by atoms with Crippen molar-refractivity contribution in [3.05, 3.63) is 57.7 Å². The molecule has 9 heteroatoms. The molecule has 30 heavy (non-hydrogen) atoms. The molecule has 158 valence electrons. The Morgan fingerprint density at radius 2 is 1.73 bits per heavy atom. The van der Waals surface area contributed by atoms with Gasteiger partial charge in [0.15, 0.2) is 0 Å². The standard InChI is InChI=1S/C21H23BrN4O2S2/c1-12(2)9-14-17(21(14,3)4)18-24-26-20(28-18)30-11-16-23-25-19(27-16)29-10-13-7-5-6-8-15(13)22/h5-9,14,17H,10-11H2,1-4H3/t14-,17+/m1/s1. The molecule has 0 saturated heterocycles. The lowest BCUT2D eigenvalue weighted by Gasteiger charge is -2.00. The van der Waals surface area contributed by atoms with Gasteiger partial charge in [-0.1, -0.05) is 83.1 Å². The van der Waals surface area contributed by atoms with Crippen LogP contribution in [0, 0.1) is 11.3 Å². The Bertz CT molecular complexity index is 1060. The van der Waals surface area contributed by atoms with E-state index in [2.05, 4.69) is 76.2 Å². The molecule has 0 spiro atoms. The minimum absolute atomic E-state index is 0.151. The lowest BCUT2D eigenvalue weighted by atomic mass is 10.1. The Morgan fingerprint density at radius 3 is 2.50 bits per heavy atom. The molecule has 0 amide bonds. The zero-order valence-corrected chi connectivity index (χ0v) is 20.5. The summed E-state index contributed by atoms with van der Waals surface area (Å²) < 4.78 is 12.7. The summed E-state index contributed by atoms with van der Waals surface area (Å²) >= 11 is 6.49. The third-order valence-electron chi connectivity index (χ3n) is 5.19. The zero-order chi connectivity index (χ0) is 21.3. The van der Waals surface area contributed by atoms with E-state index in [1.165, 1.54) is 34.7 Å². The van der Waals surface area contributed by atoms with Crippen LogP contribution in [0.4, 0.5) is 0 Å². The molecule has 2 aromatic heterocycles. The third-order valence-corrected chi connectivity index (χ3v) is 7.63. The molecule has 2 heterocycles. The molecular formula is C21H23BrN4O2S2. The summed E-state index contributed by atoms with van der Waals surface area (Å²) in [4.78, 5) is 0. The molecular weight excluding hydrogens is 484 g/mol. The highest BCUT2D eigenvalue weighted by Crippen LogP contribution is 2.65. The summed E-state index contributed by atoms with van der Waals surface area (Å²) in [5.41, 5.74) is 2.65. The summed E-state index contributed by atoms with van der Waals surface area (Å²) in [6.45, 7) is 8.72. The molecule has 2 atom stereocenters. The van der Waals surface area contributed by atoms with E-state index in [9.17, 15) is 0 Å². The second kappa shape index (κ2) is 8.88. The number of benzene rings is 1. The van der Waals surface area contributed by atoms with Gasteiger partial charge in [0.2, 0.25) is 11.8 Å². The van der Waals surface area contributed by atoms with Gasteiger partial charge in [0.25, 0.3) is 10.4 Å². The van der Waals surface area contributed by atoms with Gasteiger partial charge in [-0.25, -0.2) is 0 Å². The van der Waals surface area contributed by atoms with E-state index < -0.39 is 0 Å². The Balaban J connectivity index is 1.31. The molecule has 1 aliphatic carbocycles. The average molecular weight is 507 g/mol. The van der Waals surface area contributed by atoms with Crippen molar-refractivity contribution in [3.8, 4) is 0 Å². The number of aromatic nitrogens is 4. The van der Waals surface area contributed by atoms with Gasteiger partial charge < -0.3 is 8.83 Å². The van der Waals surface area contributed by atoms with Gasteiger partial charge in [0.05, 0.1) is 5.75 Å². The first-order valence-electron chi connectivity index (χ1n) is 9.64. The number of hydrogen-bond acceptors (Lipinski definition) is 8. The number of rotatable bonds is 8. The molecule has 1 saturated carbocycles. The fraction of sp³-hybridized carbons (Fsp3) is 0.429. The van der Waals surface area contributed by atoms with E-state index in [0.717, 1.165) is 10.2 Å². The quantitative estimate of drug-likeness (QED) is 0.252. The molecule has 3 aromatic rings. The second-order valence-electron chi connectivity index (χ2n) is 8.11. The third kappa shape index (κ3) is 4.84. The number of allylic oxidation sites excluding steroid dienone is 2. The lowest BCUT2D eigenvalue weighted by molar-refractivity contribution is 0.398. The van der Waals surface area contributed by atoms with Crippen LogP contribution >= 0.6 is 39.5 Å². The minimum Gasteiger partial charge on any atom is -0.416 e. The summed E-state index contributed by atoms with van der Waals surface area (Å²) in [6, 6.07) is 8.10. The van der Waals surface area contributed by atoms with Gasteiger partial charge in [0, 0.05) is 16.1 Å². The van der Waals surface area contributed by atoms with Crippen LogP contribution in [0.15, 0.2) is 59.7 Å². The van der Waals surface area contributed by atoms with Crippen LogP contribution in [-0.2, 0) is 11.5 Å². The van der Waals surface area contributed by atoms with Crippen LogP contribution in [0.1, 0.15) is 51.0 Å². The fourth-order valence-electron chi connectivity index (χ4n) is 3.46. The fourth-order valence-corrected chi connectivity index (χ4v) is 5.46. The predicted molar refractivity (Wildman–Crippen MR) is 121 cm³/mol. The summed E-state index contributed by atoms with van der Waals surface area (Å²) in [6.07, 6.45) is 2.30. The van der Waals surface area contributed by atoms with Crippen LogP contribution in [0.3, 0.4) is 0 Å². The number of hydrogen-bond donors (Lipinski definition) is 0. The highest BCUT2D eigenvalue weighted by molar-refractivity contribution is 9.10. The van der Waals surface area contributed by atoms with E-state index in [0.29, 0.717) is 33.9 Å². The van der Waals surface area contributed by atoms with Crippen molar-refractivity contribution in [2.75, 3.05) is 0 Å². The van der Waals surface area contributed by atoms with E-state index >= 15 is 0 Å². The molecule has 4 rings (SSSR count). The maximum Gasteiger partial charge on any atom is 0.277 e. The summed E-state index contributed by atoms with van der Waals surface area (Å²) in [7, 11) is 0. The smallest absolute Gasteiger partial charge is 0.277 e. The maximum absolute atomic E-state index is 5.91. The van der Waals surface area contributed by atoms with Crippen molar-refractivity contribution in [2.45, 2.75) is 55.6 Å². The first-order valence-corrected chi connectivity index (χ1v) is 12.4. The highest BCUT2D eigenvalue weighted by atomic mass is 79.9. The predicted octanol–water partition coefficient (Wildman–Crippen LogP) is 6.51. The second-order valence-corrected chi connectivity index (χ2v) is 10.8. The van der Waals surface area contributed by atoms with Crippen molar-refractivity contribution in [1.29, 1.82) is 0 Å². The van der Waals surface area contributed by atoms with Gasteiger partial charge in [0.1, 0.15) is 0 Å². The van der Waals surface area contributed by atoms with E-state index in [1.54, 1.807) is 0 Å². The van der Waals surface area contributed by atoms with Gasteiger partial charge in [-0.15, -0.1) is 20.4 Å². The number of halogens is 1. The molecule has 0 unspecified atom stereocenters. The molecule has 1 aromatic carbocycles. The van der Waals surface area contributed by atoms with Crippen LogP contribution in [0.2, 0.25) is 0 Å². The van der Waals surface area contributed by atoms with Crippen LogP contribution < -0.4 is 0 Å². The summed E-state index contributed by atoms with van der Waals surface area (Å²) in [5, 5.41) is 17.8. The molecule has 1 fully saturated rings. The van der Waals surface area contributed by atoms with Gasteiger partial charge in [-0.05, 0) is 36.8 Å². The van der Waals surface area contributed by atoms with E-state index in [1.807, 2.05) is 18.2 Å². The van der Waals surface area contributed by atoms with Crippen molar-refractivity contribution in [3.63, 3.8) is 0 Å². The van der Waals surface area contributed by atoms with E-state index in [4.69, 9.17) is 8.83 Å². The molecule has 6 nitrogen and oxygen atoms in total. The molecule has 0 bridgehead atoms. The van der Waals surface area contributed by atoms with Crippen LogP contribution in [0.25, 0.3) is 0 Å². The average Bonchev–Trinajstić information content (AvgIpc) is 3.11. The van der Waals surface area contributed by atoms with Crippen molar-refractivity contribution >= 4 is 39.5 Å². The molecule has 0 aliphatic heterocycles. The minimum atomic E-state index is 0.151. The zero-order valence-electron chi connectivity index (χ0n) is 17.3. The van der Waals surface area contributed by atoms with Gasteiger partial charge in [-0.2, -0.15) is 0 Å². The van der Waals surface area contributed by atoms with Crippen molar-refractivity contribution < 1.29 is 8.83 Å². The maximum atomic E-state index is 5.91.